The maximum Gasteiger partial charge on any atom is 0.522 e. The van der Waals surface area contributed by atoms with Crippen LogP contribution < -0.4 is 0 Å². The van der Waals surface area contributed by atoms with Crippen molar-refractivity contribution in [2.45, 2.75) is 63.7 Å². The Hall–Kier alpha value is 0.0938. The Morgan fingerprint density at radius 2 is 1.40 bits per heavy atom. The van der Waals surface area contributed by atoms with Crippen molar-refractivity contribution in [1.82, 2.24) is 0 Å². The van der Waals surface area contributed by atoms with Gasteiger partial charge in [-0.3, -0.25) is 3.87 Å². The Kier molecular flexibility index (Phi) is 6.93. The lowest BCUT2D eigenvalue weighted by molar-refractivity contribution is -0.0511. The molecule has 0 N–H and O–H groups in total. The van der Waals surface area contributed by atoms with E-state index in [2.05, 4.69) is 3.87 Å². The molecule has 4 nitrogen and oxygen atoms in total. The van der Waals surface area contributed by atoms with Crippen LogP contribution in [0.2, 0.25) is 16.6 Å². The third kappa shape index (κ3) is 4.83. The third-order valence-electron chi connectivity index (χ3n) is 2.78. The maximum atomic E-state index is 12.6. The highest BCUT2D eigenvalue weighted by Gasteiger charge is 2.56. The van der Waals surface area contributed by atoms with E-state index < -0.39 is 45.0 Å². The van der Waals surface area contributed by atoms with Gasteiger partial charge < -0.3 is 4.12 Å². The molecule has 122 valence electrons. The summed E-state index contributed by atoms with van der Waals surface area (Å²) in [7, 11) is -10.3. The average molecular weight is 353 g/mol. The minimum absolute atomic E-state index is 0.205. The second-order valence-electron chi connectivity index (χ2n) is 5.72. The van der Waals surface area contributed by atoms with E-state index in [0.717, 1.165) is 0 Å². The van der Waals surface area contributed by atoms with Gasteiger partial charge in [0.25, 0.3) is 0 Å². The molecule has 20 heavy (non-hydrogen) atoms. The van der Waals surface area contributed by atoms with Gasteiger partial charge in [-0.2, -0.15) is 21.6 Å². The van der Waals surface area contributed by atoms with Crippen molar-refractivity contribution in [2.75, 3.05) is 0 Å². The fraction of sp³-hybridized carbons (Fsp3) is 1.00. The first-order valence-electron chi connectivity index (χ1n) is 6.42. The summed E-state index contributed by atoms with van der Waals surface area (Å²) in [5.74, 6) is 0. The second kappa shape index (κ2) is 6.90. The van der Waals surface area contributed by atoms with E-state index in [9.17, 15) is 21.6 Å². The Morgan fingerprint density at radius 3 is 1.65 bits per heavy atom. The van der Waals surface area contributed by atoms with Gasteiger partial charge in [-0.1, -0.05) is 41.5 Å². The van der Waals surface area contributed by atoms with E-state index in [1.54, 1.807) is 27.7 Å². The molecule has 0 saturated carbocycles. The van der Waals surface area contributed by atoms with Crippen LogP contribution in [0.15, 0.2) is 0 Å². The number of rotatable bonds is 7. The molecule has 0 fully saturated rings. The Labute approximate surface area is 122 Å². The van der Waals surface area contributed by atoms with Crippen molar-refractivity contribution in [3.8, 4) is 0 Å². The van der Waals surface area contributed by atoms with Gasteiger partial charge in [0.2, 0.25) is 0 Å². The van der Waals surface area contributed by atoms with E-state index in [-0.39, 0.29) is 5.54 Å². The van der Waals surface area contributed by atoms with Gasteiger partial charge in [-0.05, 0) is 16.6 Å². The standard InChI is InChI=1S/C10H23F3O4SSi2/c1-7(2)19-17-20(8(3)4,9(5)6)16-18(14,15)10(11,12)13/h7-9H,19H2,1-6H3. The Balaban J connectivity index is 5.54. The van der Waals surface area contributed by atoms with Crippen molar-refractivity contribution in [3.05, 3.63) is 0 Å². The molecule has 0 amide bonds. The minimum Gasteiger partial charge on any atom is -0.440 e. The quantitative estimate of drug-likeness (QED) is 0.522. The lowest BCUT2D eigenvalue weighted by Gasteiger charge is -2.37. The summed E-state index contributed by atoms with van der Waals surface area (Å²) in [4.78, 5) is 0. The van der Waals surface area contributed by atoms with Crippen LogP contribution in [0.5, 0.6) is 0 Å². The summed E-state index contributed by atoms with van der Waals surface area (Å²) >= 11 is 0. The molecule has 0 radical (unpaired) electrons. The number of hydrogen-bond acceptors (Lipinski definition) is 4. The van der Waals surface area contributed by atoms with Gasteiger partial charge in [-0.15, -0.1) is 0 Å². The van der Waals surface area contributed by atoms with Crippen LogP contribution in [0.25, 0.3) is 0 Å². The smallest absolute Gasteiger partial charge is 0.440 e. The van der Waals surface area contributed by atoms with E-state index in [1.165, 1.54) is 0 Å². The third-order valence-corrected chi connectivity index (χ3v) is 11.6. The monoisotopic (exact) mass is 352 g/mol. The first-order valence-corrected chi connectivity index (χ1v) is 11.2. The van der Waals surface area contributed by atoms with Gasteiger partial charge in [0.1, 0.15) is 0 Å². The van der Waals surface area contributed by atoms with Crippen molar-refractivity contribution in [1.29, 1.82) is 0 Å². The zero-order valence-electron chi connectivity index (χ0n) is 12.6. The SMILES string of the molecule is CC(C)[SiH2]O[Si](OS(=O)(=O)C(F)(F)F)(C(C)C)C(C)C. The van der Waals surface area contributed by atoms with Crippen molar-refractivity contribution >= 4 is 28.4 Å². The normalized spacial score (nSPS) is 15.2. The topological polar surface area (TPSA) is 52.6 Å². The molecule has 10 heteroatoms. The van der Waals surface area contributed by atoms with Crippen LogP contribution >= 0.6 is 0 Å². The summed E-state index contributed by atoms with van der Waals surface area (Å²) < 4.78 is 70.7. The van der Waals surface area contributed by atoms with E-state index >= 15 is 0 Å². The molecule has 0 aromatic carbocycles. The zero-order valence-corrected chi connectivity index (χ0v) is 15.8. The molecule has 0 atom stereocenters. The van der Waals surface area contributed by atoms with Gasteiger partial charge in [0, 0.05) is 0 Å². The largest absolute Gasteiger partial charge is 0.522 e. The van der Waals surface area contributed by atoms with Crippen LogP contribution in [-0.2, 0) is 18.1 Å². The van der Waals surface area contributed by atoms with Crippen LogP contribution in [-0.4, -0.2) is 32.3 Å². The van der Waals surface area contributed by atoms with Crippen molar-refractivity contribution in [2.24, 2.45) is 0 Å². The van der Waals surface area contributed by atoms with Gasteiger partial charge >= 0.3 is 24.2 Å². The fourth-order valence-corrected chi connectivity index (χ4v) is 12.0. The predicted octanol–water partition coefficient (Wildman–Crippen LogP) is 3.04. The first kappa shape index (κ1) is 20.1. The number of alkyl halides is 3. The van der Waals surface area contributed by atoms with E-state index in [0.29, 0.717) is 0 Å². The van der Waals surface area contributed by atoms with Crippen LogP contribution in [0.1, 0.15) is 41.5 Å². The number of hydrogen-bond donors (Lipinski definition) is 0. The molecular formula is C10H23F3O4SSi2. The molecule has 0 aromatic heterocycles. The molecule has 0 aliphatic rings. The molecule has 0 aliphatic carbocycles. The van der Waals surface area contributed by atoms with Crippen LogP contribution in [0, 0.1) is 0 Å². The summed E-state index contributed by atoms with van der Waals surface area (Å²) in [6, 6.07) is 0. The lowest BCUT2D eigenvalue weighted by atomic mass is 10.5. The summed E-state index contributed by atoms with van der Waals surface area (Å²) in [5.41, 5.74) is -6.01. The molecule has 0 rings (SSSR count). The second-order valence-corrected chi connectivity index (χ2v) is 14.6. The molecule has 0 spiro atoms. The van der Waals surface area contributed by atoms with Crippen LogP contribution in [0.3, 0.4) is 0 Å². The highest BCUT2D eigenvalue weighted by Crippen LogP contribution is 2.39. The lowest BCUT2D eigenvalue weighted by Crippen LogP contribution is -2.52. The minimum atomic E-state index is -5.63. The first-order chi connectivity index (χ1) is 8.76. The van der Waals surface area contributed by atoms with E-state index in [4.69, 9.17) is 4.12 Å². The highest BCUT2D eigenvalue weighted by molar-refractivity contribution is 7.88. The van der Waals surface area contributed by atoms with E-state index in [1.807, 2.05) is 13.8 Å². The average Bonchev–Trinajstić information content (AvgIpc) is 2.21. The highest BCUT2D eigenvalue weighted by atomic mass is 32.2. The summed E-state index contributed by atoms with van der Waals surface area (Å²) in [5, 5.41) is 0. The van der Waals surface area contributed by atoms with Gasteiger partial charge in [-0.25, -0.2) is 0 Å². The zero-order chi connectivity index (χ0) is 16.4. The molecule has 0 aromatic rings. The Morgan fingerprint density at radius 1 is 1.00 bits per heavy atom. The fourth-order valence-electron chi connectivity index (χ4n) is 1.73. The Bertz CT molecular complexity index is 399. The van der Waals surface area contributed by atoms with Gasteiger partial charge in [0.15, 0.2) is 9.76 Å². The molecule has 0 heterocycles. The predicted molar refractivity (Wildman–Crippen MR) is 76.7 cm³/mol. The summed E-state index contributed by atoms with van der Waals surface area (Å²) in [6.45, 7) is 10.4. The van der Waals surface area contributed by atoms with Crippen molar-refractivity contribution in [3.63, 3.8) is 0 Å². The van der Waals surface area contributed by atoms with Crippen molar-refractivity contribution < 1.29 is 29.6 Å². The molecular weight excluding hydrogens is 329 g/mol. The molecule has 0 bridgehead atoms. The molecule has 0 aliphatic heterocycles. The molecule has 0 saturated heterocycles. The van der Waals surface area contributed by atoms with Crippen LogP contribution in [0.4, 0.5) is 13.2 Å². The summed E-state index contributed by atoms with van der Waals surface area (Å²) in [6.07, 6.45) is 0. The van der Waals surface area contributed by atoms with Gasteiger partial charge in [0.05, 0.1) is 0 Å². The number of halogens is 3. The molecule has 0 unspecified atom stereocenters. The maximum absolute atomic E-state index is 12.6.